The Kier molecular flexibility index (Phi) is 5.70. The third-order valence-corrected chi connectivity index (χ3v) is 3.80. The molecule has 1 aliphatic rings. The largest absolute Gasteiger partial charge is 0.444 e. The van der Waals surface area contributed by atoms with Gasteiger partial charge in [-0.2, -0.15) is 0 Å². The second-order valence-electron chi connectivity index (χ2n) is 6.22. The van der Waals surface area contributed by atoms with Crippen LogP contribution in [0.1, 0.15) is 52.1 Å². The average molecular weight is 338 g/mol. The Bertz CT molecular complexity index is 586. The lowest BCUT2D eigenvalue weighted by Crippen LogP contribution is -2.27. The number of amides is 1. The highest BCUT2D eigenvalue weighted by Gasteiger charge is 2.19. The fraction of sp³-hybridized carbons (Fsp3) is 0.600. The molecule has 1 aromatic rings. The van der Waals surface area contributed by atoms with Gasteiger partial charge in [-0.25, -0.2) is 9.78 Å². The van der Waals surface area contributed by atoms with Gasteiger partial charge >= 0.3 is 6.09 Å². The summed E-state index contributed by atoms with van der Waals surface area (Å²) in [6.07, 6.45) is 5.28. The van der Waals surface area contributed by atoms with Gasteiger partial charge in [0.05, 0.1) is 0 Å². The molecule has 0 aliphatic heterocycles. The minimum Gasteiger partial charge on any atom is -0.444 e. The van der Waals surface area contributed by atoms with Crippen molar-refractivity contribution in [3.05, 3.63) is 11.1 Å². The molecule has 1 aromatic heterocycles. The van der Waals surface area contributed by atoms with Crippen LogP contribution in [0.4, 0.5) is 9.93 Å². The normalized spacial score (nSPS) is 16.2. The average Bonchev–Trinajstić information content (AvgIpc) is 3.09. The van der Waals surface area contributed by atoms with E-state index in [9.17, 15) is 9.59 Å². The summed E-state index contributed by atoms with van der Waals surface area (Å²) in [5.41, 5.74) is -0.290. The van der Waals surface area contributed by atoms with Gasteiger partial charge in [0, 0.05) is 5.38 Å². The van der Waals surface area contributed by atoms with Crippen molar-refractivity contribution in [2.75, 3.05) is 5.32 Å². The van der Waals surface area contributed by atoms with Crippen LogP contribution >= 0.6 is 11.3 Å². The number of thiazole rings is 1. The van der Waals surface area contributed by atoms with Crippen molar-refractivity contribution in [3.8, 4) is 0 Å². The highest BCUT2D eigenvalue weighted by molar-refractivity contribution is 7.14. The SMILES string of the molecule is CC(C)(C)OC(=O)Nc1nc(/C([C]=O)=N/OC2CCCC2)cs1. The molecule has 8 heteroatoms. The monoisotopic (exact) mass is 338 g/mol. The maximum absolute atomic E-state index is 11.7. The third kappa shape index (κ3) is 5.63. The molecule has 1 N–H and O–H groups in total. The molecule has 23 heavy (non-hydrogen) atoms. The van der Waals surface area contributed by atoms with E-state index in [0.717, 1.165) is 25.7 Å². The summed E-state index contributed by atoms with van der Waals surface area (Å²) in [5, 5.41) is 8.28. The fourth-order valence-electron chi connectivity index (χ4n) is 2.07. The first-order chi connectivity index (χ1) is 10.9. The molecule has 0 spiro atoms. The Hall–Kier alpha value is -1.96. The van der Waals surface area contributed by atoms with Gasteiger partial charge in [-0.1, -0.05) is 5.16 Å². The van der Waals surface area contributed by atoms with E-state index >= 15 is 0 Å². The van der Waals surface area contributed by atoms with Gasteiger partial charge in [-0.05, 0) is 46.5 Å². The molecule has 0 aromatic carbocycles. The summed E-state index contributed by atoms with van der Waals surface area (Å²) in [5.74, 6) is 0. The molecule has 1 heterocycles. The molecule has 0 bridgehead atoms. The zero-order chi connectivity index (χ0) is 16.9. The lowest BCUT2D eigenvalue weighted by molar-refractivity contribution is 0.0635. The lowest BCUT2D eigenvalue weighted by Gasteiger charge is -2.18. The summed E-state index contributed by atoms with van der Waals surface area (Å²) in [7, 11) is 0. The van der Waals surface area contributed by atoms with Crippen LogP contribution < -0.4 is 5.32 Å². The van der Waals surface area contributed by atoms with Gasteiger partial charge in [0.1, 0.15) is 17.4 Å². The van der Waals surface area contributed by atoms with Crippen molar-refractivity contribution in [1.29, 1.82) is 0 Å². The minimum absolute atomic E-state index is 0.00890. The molecule has 1 fully saturated rings. The molecule has 1 amide bonds. The first kappa shape index (κ1) is 17.4. The van der Waals surface area contributed by atoms with Gasteiger partial charge in [0.15, 0.2) is 10.8 Å². The van der Waals surface area contributed by atoms with Crippen molar-refractivity contribution in [3.63, 3.8) is 0 Å². The van der Waals surface area contributed by atoms with Crippen LogP contribution in [-0.2, 0) is 14.4 Å². The van der Waals surface area contributed by atoms with Crippen LogP contribution in [0.3, 0.4) is 0 Å². The quantitative estimate of drug-likeness (QED) is 0.657. The zero-order valence-corrected chi connectivity index (χ0v) is 14.2. The Morgan fingerprint density at radius 2 is 2.13 bits per heavy atom. The van der Waals surface area contributed by atoms with E-state index in [-0.39, 0.29) is 11.8 Å². The van der Waals surface area contributed by atoms with Gasteiger partial charge in [0.2, 0.25) is 0 Å². The smallest absolute Gasteiger partial charge is 0.413 e. The maximum atomic E-state index is 11.7. The Balaban J connectivity index is 1.97. The molecule has 2 rings (SSSR count). The van der Waals surface area contributed by atoms with Gasteiger partial charge in [0.25, 0.3) is 6.29 Å². The minimum atomic E-state index is -0.603. The van der Waals surface area contributed by atoms with Crippen LogP contribution in [-0.4, -0.2) is 34.8 Å². The summed E-state index contributed by atoms with van der Waals surface area (Å²) in [6, 6.07) is 0. The van der Waals surface area contributed by atoms with E-state index in [1.54, 1.807) is 32.4 Å². The Morgan fingerprint density at radius 3 is 2.74 bits per heavy atom. The summed E-state index contributed by atoms with van der Waals surface area (Å²) in [4.78, 5) is 32.2. The first-order valence-electron chi connectivity index (χ1n) is 7.45. The van der Waals surface area contributed by atoms with E-state index in [0.29, 0.717) is 10.8 Å². The second-order valence-corrected chi connectivity index (χ2v) is 7.08. The topological polar surface area (TPSA) is 89.9 Å². The van der Waals surface area contributed by atoms with E-state index in [2.05, 4.69) is 15.5 Å². The number of nitrogens with one attached hydrogen (secondary N) is 1. The fourth-order valence-corrected chi connectivity index (χ4v) is 2.75. The van der Waals surface area contributed by atoms with Crippen LogP contribution in [0.2, 0.25) is 0 Å². The molecule has 0 atom stereocenters. The molecular weight excluding hydrogens is 318 g/mol. The molecule has 0 saturated heterocycles. The number of carbonyl (C=O) groups is 1. The molecular formula is C15H20N3O4S. The van der Waals surface area contributed by atoms with Crippen molar-refractivity contribution >= 4 is 34.6 Å². The van der Waals surface area contributed by atoms with Crippen molar-refractivity contribution in [2.24, 2.45) is 5.16 Å². The molecule has 7 nitrogen and oxygen atoms in total. The van der Waals surface area contributed by atoms with Crippen molar-refractivity contribution in [2.45, 2.75) is 58.2 Å². The molecule has 125 valence electrons. The van der Waals surface area contributed by atoms with Crippen LogP contribution in [0.5, 0.6) is 0 Å². The van der Waals surface area contributed by atoms with Crippen molar-refractivity contribution < 1.29 is 19.2 Å². The zero-order valence-electron chi connectivity index (χ0n) is 13.4. The van der Waals surface area contributed by atoms with E-state index < -0.39 is 11.7 Å². The molecule has 1 saturated carbocycles. The standard InChI is InChI=1S/C15H20N3O4S/c1-15(2,3)21-14(20)17-13-16-12(9-23-13)11(8-19)18-22-10-6-4-5-7-10/h9-10H,4-7H2,1-3H3,(H,16,17,20)/b18-11+. The molecule has 0 unspecified atom stereocenters. The third-order valence-electron chi connectivity index (χ3n) is 3.05. The number of rotatable bonds is 5. The Labute approximate surface area is 139 Å². The van der Waals surface area contributed by atoms with E-state index in [1.165, 1.54) is 11.3 Å². The second kappa shape index (κ2) is 7.54. The number of oxime groups is 1. The number of nitrogens with zero attached hydrogens (tertiary/aromatic N) is 2. The number of aromatic nitrogens is 1. The summed E-state index contributed by atoms with van der Waals surface area (Å²) < 4.78 is 5.14. The van der Waals surface area contributed by atoms with Crippen LogP contribution in [0, 0.1) is 0 Å². The number of carbonyl (C=O) groups excluding carboxylic acids is 2. The van der Waals surface area contributed by atoms with Gasteiger partial charge < -0.3 is 9.57 Å². The predicted molar refractivity (Wildman–Crippen MR) is 87.5 cm³/mol. The number of hydrogen-bond donors (Lipinski definition) is 1. The maximum Gasteiger partial charge on any atom is 0.413 e. The van der Waals surface area contributed by atoms with E-state index in [4.69, 9.17) is 9.57 Å². The Morgan fingerprint density at radius 1 is 1.43 bits per heavy atom. The summed E-state index contributed by atoms with van der Waals surface area (Å²) >= 11 is 1.17. The van der Waals surface area contributed by atoms with Crippen molar-refractivity contribution in [1.82, 2.24) is 4.98 Å². The molecule has 1 aliphatic carbocycles. The van der Waals surface area contributed by atoms with E-state index in [1.807, 2.05) is 0 Å². The summed E-state index contributed by atoms with van der Waals surface area (Å²) in [6.45, 7) is 5.31. The predicted octanol–water partition coefficient (Wildman–Crippen LogP) is 3.26. The number of ether oxygens (including phenoxy) is 1. The van der Waals surface area contributed by atoms with Gasteiger partial charge in [-0.15, -0.1) is 11.3 Å². The van der Waals surface area contributed by atoms with Crippen LogP contribution in [0.15, 0.2) is 10.5 Å². The van der Waals surface area contributed by atoms with Crippen LogP contribution in [0.25, 0.3) is 0 Å². The first-order valence-corrected chi connectivity index (χ1v) is 8.33. The molecule has 1 radical (unpaired) electrons. The number of hydrogen-bond acceptors (Lipinski definition) is 7. The highest BCUT2D eigenvalue weighted by Crippen LogP contribution is 2.22. The van der Waals surface area contributed by atoms with Gasteiger partial charge in [-0.3, -0.25) is 10.1 Å². The lowest BCUT2D eigenvalue weighted by atomic mass is 10.2. The number of anilines is 1. The highest BCUT2D eigenvalue weighted by atomic mass is 32.1.